The zero-order chi connectivity index (χ0) is 19.5. The largest absolute Gasteiger partial charge is 0.382 e. The molecule has 1 amide bonds. The third-order valence-corrected chi connectivity index (χ3v) is 4.28. The van der Waals surface area contributed by atoms with E-state index in [0.717, 1.165) is 12.3 Å². The normalized spacial score (nSPS) is 11.5. The van der Waals surface area contributed by atoms with Crippen molar-refractivity contribution in [2.24, 2.45) is 0 Å². The number of rotatable bonds is 6. The molecule has 0 atom stereocenters. The molecule has 2 aromatic carbocycles. The fraction of sp³-hybridized carbons (Fsp3) is 0.278. The van der Waals surface area contributed by atoms with Crippen LogP contribution in [0.4, 0.5) is 4.39 Å². The van der Waals surface area contributed by atoms with Crippen LogP contribution in [0.5, 0.6) is 5.75 Å². The van der Waals surface area contributed by atoms with Crippen LogP contribution in [0.15, 0.2) is 42.5 Å². The van der Waals surface area contributed by atoms with Crippen molar-refractivity contribution >= 4 is 27.6 Å². The van der Waals surface area contributed by atoms with Crippen LogP contribution in [0.1, 0.15) is 29.8 Å². The lowest BCUT2D eigenvalue weighted by Gasteiger charge is -2.27. The van der Waals surface area contributed by atoms with Crippen LogP contribution in [0, 0.1) is 5.82 Å². The molecule has 26 heavy (non-hydrogen) atoms. The first-order chi connectivity index (χ1) is 12.1. The lowest BCUT2D eigenvalue weighted by Crippen LogP contribution is -2.36. The molecule has 0 heterocycles. The number of hydrogen-bond acceptors (Lipinski definition) is 4. The number of halogens is 2. The van der Waals surface area contributed by atoms with Crippen LogP contribution in [-0.2, 0) is 16.7 Å². The Labute approximate surface area is 157 Å². The van der Waals surface area contributed by atoms with Gasteiger partial charge in [0, 0.05) is 22.2 Å². The number of benzene rings is 2. The highest BCUT2D eigenvalue weighted by atomic mass is 35.5. The fourth-order valence-electron chi connectivity index (χ4n) is 2.38. The number of carbonyl (C=O) groups is 1. The SMILES string of the molecule is CC(C)N(Cc1cc(Cl)ccc1OS(C)(=O)=O)C(=O)c1cccc(F)c1. The van der Waals surface area contributed by atoms with Gasteiger partial charge >= 0.3 is 10.1 Å². The van der Waals surface area contributed by atoms with Crippen molar-refractivity contribution in [3.8, 4) is 5.75 Å². The van der Waals surface area contributed by atoms with Crippen molar-refractivity contribution in [2.75, 3.05) is 6.26 Å². The first-order valence-electron chi connectivity index (χ1n) is 7.81. The molecule has 0 N–H and O–H groups in total. The summed E-state index contributed by atoms with van der Waals surface area (Å²) in [4.78, 5) is 14.3. The van der Waals surface area contributed by atoms with E-state index in [1.54, 1.807) is 13.8 Å². The van der Waals surface area contributed by atoms with Crippen LogP contribution in [0.2, 0.25) is 5.02 Å². The molecule has 0 fully saturated rings. The van der Waals surface area contributed by atoms with Crippen molar-refractivity contribution in [3.63, 3.8) is 0 Å². The molecule has 140 valence electrons. The van der Waals surface area contributed by atoms with E-state index >= 15 is 0 Å². The third kappa shape index (κ3) is 5.44. The average molecular weight is 400 g/mol. The molecule has 2 aromatic rings. The second-order valence-electron chi connectivity index (χ2n) is 6.08. The number of nitrogens with zero attached hydrogens (tertiary/aromatic N) is 1. The molecule has 0 spiro atoms. The Morgan fingerprint density at radius 1 is 1.23 bits per heavy atom. The molecule has 0 saturated carbocycles. The minimum Gasteiger partial charge on any atom is -0.382 e. The zero-order valence-electron chi connectivity index (χ0n) is 14.6. The molecule has 0 unspecified atom stereocenters. The first-order valence-corrected chi connectivity index (χ1v) is 10.0. The smallest absolute Gasteiger partial charge is 0.306 e. The lowest BCUT2D eigenvalue weighted by atomic mass is 10.1. The van der Waals surface area contributed by atoms with E-state index in [2.05, 4.69) is 0 Å². The highest BCUT2D eigenvalue weighted by molar-refractivity contribution is 7.86. The lowest BCUT2D eigenvalue weighted by molar-refractivity contribution is 0.0689. The Bertz CT molecular complexity index is 915. The molecule has 0 saturated heterocycles. The van der Waals surface area contributed by atoms with E-state index < -0.39 is 15.9 Å². The monoisotopic (exact) mass is 399 g/mol. The standard InChI is InChI=1S/C18H19ClFNO4S/c1-12(2)21(18(22)13-5-4-6-16(20)10-13)11-14-9-15(19)7-8-17(14)25-26(3,23)24/h4-10,12H,11H2,1-3H3. The maximum Gasteiger partial charge on any atom is 0.306 e. The Morgan fingerprint density at radius 3 is 2.50 bits per heavy atom. The van der Waals surface area contributed by atoms with E-state index in [9.17, 15) is 17.6 Å². The third-order valence-electron chi connectivity index (χ3n) is 3.56. The van der Waals surface area contributed by atoms with Crippen LogP contribution < -0.4 is 4.18 Å². The molecule has 0 aliphatic heterocycles. The van der Waals surface area contributed by atoms with Crippen LogP contribution in [0.3, 0.4) is 0 Å². The summed E-state index contributed by atoms with van der Waals surface area (Å²) >= 11 is 6.01. The van der Waals surface area contributed by atoms with Gasteiger partial charge in [0.15, 0.2) is 0 Å². The highest BCUT2D eigenvalue weighted by Crippen LogP contribution is 2.27. The number of amides is 1. The number of hydrogen-bond donors (Lipinski definition) is 0. The molecule has 0 aromatic heterocycles. The molecular formula is C18H19ClFNO4S. The van der Waals surface area contributed by atoms with E-state index in [-0.39, 0.29) is 29.8 Å². The average Bonchev–Trinajstić information content (AvgIpc) is 2.52. The molecule has 5 nitrogen and oxygen atoms in total. The molecule has 0 aliphatic rings. The summed E-state index contributed by atoms with van der Waals surface area (Å²) in [7, 11) is -3.74. The Hall–Kier alpha value is -2.12. The van der Waals surface area contributed by atoms with Gasteiger partial charge in [0.2, 0.25) is 0 Å². The van der Waals surface area contributed by atoms with Gasteiger partial charge in [-0.15, -0.1) is 0 Å². The van der Waals surface area contributed by atoms with Gasteiger partial charge in [-0.3, -0.25) is 4.79 Å². The summed E-state index contributed by atoms with van der Waals surface area (Å²) in [5.74, 6) is -0.803. The van der Waals surface area contributed by atoms with Gasteiger partial charge < -0.3 is 9.08 Å². The number of carbonyl (C=O) groups excluding carboxylic acids is 1. The van der Waals surface area contributed by atoms with Gasteiger partial charge in [-0.05, 0) is 50.2 Å². The minimum atomic E-state index is -3.74. The summed E-state index contributed by atoms with van der Waals surface area (Å²) < 4.78 is 41.4. The molecule has 0 radical (unpaired) electrons. The predicted molar refractivity (Wildman–Crippen MR) is 98.3 cm³/mol. The van der Waals surface area contributed by atoms with Gasteiger partial charge in [-0.1, -0.05) is 17.7 Å². The van der Waals surface area contributed by atoms with Crippen LogP contribution in [-0.4, -0.2) is 31.5 Å². The van der Waals surface area contributed by atoms with Crippen molar-refractivity contribution in [3.05, 3.63) is 64.4 Å². The van der Waals surface area contributed by atoms with Crippen LogP contribution >= 0.6 is 11.6 Å². The second-order valence-corrected chi connectivity index (χ2v) is 8.09. The van der Waals surface area contributed by atoms with Crippen molar-refractivity contribution in [1.82, 2.24) is 4.90 Å². The molecule has 2 rings (SSSR count). The predicted octanol–water partition coefficient (Wildman–Crippen LogP) is 3.87. The maximum absolute atomic E-state index is 13.4. The summed E-state index contributed by atoms with van der Waals surface area (Å²) in [6.07, 6.45) is 0.934. The molecular weight excluding hydrogens is 381 g/mol. The summed E-state index contributed by atoms with van der Waals surface area (Å²) in [5.41, 5.74) is 0.632. The molecule has 8 heteroatoms. The van der Waals surface area contributed by atoms with Gasteiger partial charge in [0.05, 0.1) is 12.8 Å². The van der Waals surface area contributed by atoms with Gasteiger partial charge in [0.25, 0.3) is 5.91 Å². The molecule has 0 aliphatic carbocycles. The van der Waals surface area contributed by atoms with Crippen molar-refractivity contribution in [2.45, 2.75) is 26.4 Å². The van der Waals surface area contributed by atoms with Crippen molar-refractivity contribution in [1.29, 1.82) is 0 Å². The zero-order valence-corrected chi connectivity index (χ0v) is 16.1. The Balaban J connectivity index is 2.39. The summed E-state index contributed by atoms with van der Waals surface area (Å²) in [6.45, 7) is 3.66. The Kier molecular flexibility index (Phi) is 6.26. The molecule has 0 bridgehead atoms. The van der Waals surface area contributed by atoms with Gasteiger partial charge in [0.1, 0.15) is 11.6 Å². The van der Waals surface area contributed by atoms with Crippen LogP contribution in [0.25, 0.3) is 0 Å². The first kappa shape index (κ1) is 20.2. The quantitative estimate of drug-likeness (QED) is 0.692. The van der Waals surface area contributed by atoms with Crippen molar-refractivity contribution < 1.29 is 21.8 Å². The fourth-order valence-corrected chi connectivity index (χ4v) is 3.06. The minimum absolute atomic E-state index is 0.0540. The topological polar surface area (TPSA) is 63.7 Å². The summed E-state index contributed by atoms with van der Waals surface area (Å²) in [6, 6.07) is 9.64. The Morgan fingerprint density at radius 2 is 1.92 bits per heavy atom. The summed E-state index contributed by atoms with van der Waals surface area (Å²) in [5, 5.41) is 0.378. The van der Waals surface area contributed by atoms with Gasteiger partial charge in [-0.2, -0.15) is 8.42 Å². The maximum atomic E-state index is 13.4. The van der Waals surface area contributed by atoms with E-state index in [0.29, 0.717) is 10.6 Å². The second kappa shape index (κ2) is 8.05. The highest BCUT2D eigenvalue weighted by Gasteiger charge is 2.22. The van der Waals surface area contributed by atoms with E-state index in [1.165, 1.54) is 41.3 Å². The van der Waals surface area contributed by atoms with E-state index in [4.69, 9.17) is 15.8 Å². The van der Waals surface area contributed by atoms with E-state index in [1.807, 2.05) is 0 Å². The van der Waals surface area contributed by atoms with Gasteiger partial charge in [-0.25, -0.2) is 4.39 Å².